The van der Waals surface area contributed by atoms with Gasteiger partial charge in [0.15, 0.2) is 0 Å². The summed E-state index contributed by atoms with van der Waals surface area (Å²) < 4.78 is 0. The summed E-state index contributed by atoms with van der Waals surface area (Å²) in [5.41, 5.74) is 3.56. The number of aromatic nitrogens is 1. The highest BCUT2D eigenvalue weighted by atomic mass is 16.3. The third-order valence-electron chi connectivity index (χ3n) is 4.10. The van der Waals surface area contributed by atoms with Crippen LogP contribution in [0.2, 0.25) is 0 Å². The molecule has 5 nitrogen and oxygen atoms in total. The number of carbonyl (C=O) groups excluding carboxylic acids is 1. The maximum Gasteiger partial charge on any atom is 0.314 e. The van der Waals surface area contributed by atoms with Crippen LogP contribution in [-0.2, 0) is 6.42 Å². The average molecular weight is 317 g/mol. The van der Waals surface area contributed by atoms with Crippen LogP contribution in [0.1, 0.15) is 31.4 Å². The fraction of sp³-hybridized carbons (Fsp3) is 0.500. The van der Waals surface area contributed by atoms with E-state index in [0.717, 1.165) is 11.9 Å². The van der Waals surface area contributed by atoms with Crippen molar-refractivity contribution in [3.05, 3.63) is 35.5 Å². The fourth-order valence-electron chi connectivity index (χ4n) is 2.55. The van der Waals surface area contributed by atoms with Gasteiger partial charge in [0, 0.05) is 30.2 Å². The minimum Gasteiger partial charge on any atom is -0.393 e. The predicted octanol–water partition coefficient (Wildman–Crippen LogP) is 2.73. The van der Waals surface area contributed by atoms with Crippen molar-refractivity contribution >= 4 is 16.9 Å². The largest absolute Gasteiger partial charge is 0.393 e. The Bertz CT molecular complexity index is 649. The number of fused-ring (bicyclic) bond motifs is 1. The molecule has 0 spiro atoms. The number of aryl methyl sites for hydroxylation is 1. The lowest BCUT2D eigenvalue weighted by atomic mass is 10.0. The Morgan fingerprint density at radius 1 is 1.26 bits per heavy atom. The van der Waals surface area contributed by atoms with E-state index < -0.39 is 0 Å². The van der Waals surface area contributed by atoms with Crippen molar-refractivity contribution in [1.82, 2.24) is 15.6 Å². The molecule has 0 bridgehead atoms. The Morgan fingerprint density at radius 2 is 2.00 bits per heavy atom. The maximum atomic E-state index is 11.7. The molecule has 0 aliphatic heterocycles. The molecule has 0 saturated carbocycles. The molecule has 2 rings (SSSR count). The number of aliphatic hydroxyl groups excluding tert-OH is 1. The van der Waals surface area contributed by atoms with E-state index >= 15 is 0 Å². The number of hydrogen-bond acceptors (Lipinski definition) is 2. The van der Waals surface area contributed by atoms with Gasteiger partial charge in [0.1, 0.15) is 0 Å². The van der Waals surface area contributed by atoms with Gasteiger partial charge in [-0.15, -0.1) is 0 Å². The second-order valence-corrected chi connectivity index (χ2v) is 6.40. The Morgan fingerprint density at radius 3 is 2.74 bits per heavy atom. The normalized spacial score (nSPS) is 12.6. The molecule has 0 aliphatic carbocycles. The molecule has 0 radical (unpaired) electrons. The highest BCUT2D eigenvalue weighted by molar-refractivity contribution is 5.83. The summed E-state index contributed by atoms with van der Waals surface area (Å²) in [6.45, 7) is 7.07. The molecule has 23 heavy (non-hydrogen) atoms. The van der Waals surface area contributed by atoms with Crippen molar-refractivity contribution in [2.24, 2.45) is 5.92 Å². The van der Waals surface area contributed by atoms with Crippen LogP contribution in [0.5, 0.6) is 0 Å². The van der Waals surface area contributed by atoms with Crippen molar-refractivity contribution in [1.29, 1.82) is 0 Å². The summed E-state index contributed by atoms with van der Waals surface area (Å²) in [7, 11) is 0. The Labute approximate surface area is 137 Å². The van der Waals surface area contributed by atoms with Gasteiger partial charge in [0.2, 0.25) is 0 Å². The van der Waals surface area contributed by atoms with Crippen molar-refractivity contribution in [3.8, 4) is 0 Å². The van der Waals surface area contributed by atoms with E-state index in [-0.39, 0.29) is 18.1 Å². The predicted molar refractivity (Wildman–Crippen MR) is 93.6 cm³/mol. The molecule has 0 fully saturated rings. The fourth-order valence-corrected chi connectivity index (χ4v) is 2.55. The van der Waals surface area contributed by atoms with Gasteiger partial charge in [-0.25, -0.2) is 4.79 Å². The van der Waals surface area contributed by atoms with Crippen LogP contribution >= 0.6 is 0 Å². The van der Waals surface area contributed by atoms with Crippen molar-refractivity contribution in [2.75, 3.05) is 13.1 Å². The molecule has 1 unspecified atom stereocenters. The van der Waals surface area contributed by atoms with E-state index in [9.17, 15) is 9.90 Å². The van der Waals surface area contributed by atoms with Gasteiger partial charge in [-0.2, -0.15) is 0 Å². The van der Waals surface area contributed by atoms with Crippen molar-refractivity contribution < 1.29 is 9.90 Å². The van der Waals surface area contributed by atoms with Crippen LogP contribution in [-0.4, -0.2) is 35.3 Å². The second-order valence-electron chi connectivity index (χ2n) is 6.40. The number of amides is 2. The summed E-state index contributed by atoms with van der Waals surface area (Å²) in [6, 6.07) is 6.15. The summed E-state index contributed by atoms with van der Waals surface area (Å²) >= 11 is 0. The first-order valence-corrected chi connectivity index (χ1v) is 8.23. The van der Waals surface area contributed by atoms with Crippen LogP contribution in [0.3, 0.4) is 0 Å². The highest BCUT2D eigenvalue weighted by Crippen LogP contribution is 2.19. The number of aliphatic hydroxyl groups is 1. The molecule has 1 aromatic heterocycles. The molecule has 2 amide bonds. The number of hydrogen-bond donors (Lipinski definition) is 4. The SMILES string of the molecule is Cc1ccc2c(CCNC(=O)NCCC(O)C(C)C)c[nH]c2c1. The van der Waals surface area contributed by atoms with E-state index in [0.29, 0.717) is 19.5 Å². The topological polar surface area (TPSA) is 77.2 Å². The van der Waals surface area contributed by atoms with Gasteiger partial charge in [-0.05, 0) is 42.9 Å². The van der Waals surface area contributed by atoms with Crippen LogP contribution in [0.4, 0.5) is 4.79 Å². The first-order valence-electron chi connectivity index (χ1n) is 8.23. The molecule has 1 atom stereocenters. The van der Waals surface area contributed by atoms with Gasteiger partial charge in [-0.3, -0.25) is 0 Å². The molecule has 2 aromatic rings. The quantitative estimate of drug-likeness (QED) is 0.634. The molecule has 126 valence electrons. The van der Waals surface area contributed by atoms with E-state index in [1.807, 2.05) is 20.0 Å². The van der Waals surface area contributed by atoms with Crippen molar-refractivity contribution in [3.63, 3.8) is 0 Å². The number of rotatable bonds is 7. The minimum absolute atomic E-state index is 0.184. The summed E-state index contributed by atoms with van der Waals surface area (Å²) in [5, 5.41) is 16.5. The lowest BCUT2D eigenvalue weighted by Crippen LogP contribution is -2.38. The molecule has 1 heterocycles. The molecule has 1 aromatic carbocycles. The summed E-state index contributed by atoms with van der Waals surface area (Å²) in [4.78, 5) is 15.0. The zero-order valence-corrected chi connectivity index (χ0v) is 14.1. The number of H-pyrrole nitrogens is 1. The van der Waals surface area contributed by atoms with E-state index in [2.05, 4.69) is 40.7 Å². The lowest BCUT2D eigenvalue weighted by molar-refractivity contribution is 0.116. The monoisotopic (exact) mass is 317 g/mol. The zero-order chi connectivity index (χ0) is 16.8. The van der Waals surface area contributed by atoms with E-state index in [1.54, 1.807) is 0 Å². The molecular formula is C18H27N3O2. The maximum absolute atomic E-state index is 11.7. The zero-order valence-electron chi connectivity index (χ0n) is 14.1. The van der Waals surface area contributed by atoms with Gasteiger partial charge in [0.25, 0.3) is 0 Å². The lowest BCUT2D eigenvalue weighted by Gasteiger charge is -2.14. The second kappa shape index (κ2) is 8.02. The van der Waals surface area contributed by atoms with Crippen molar-refractivity contribution in [2.45, 2.75) is 39.7 Å². The third-order valence-corrected chi connectivity index (χ3v) is 4.10. The first kappa shape index (κ1) is 17.3. The van der Waals surface area contributed by atoms with Gasteiger partial charge < -0.3 is 20.7 Å². The first-order chi connectivity index (χ1) is 11.0. The number of carbonyl (C=O) groups is 1. The van der Waals surface area contributed by atoms with Crippen LogP contribution in [0, 0.1) is 12.8 Å². The molecule has 5 heteroatoms. The summed E-state index contributed by atoms with van der Waals surface area (Å²) in [6.07, 6.45) is 2.99. The van der Waals surface area contributed by atoms with Crippen LogP contribution in [0.25, 0.3) is 10.9 Å². The number of aromatic amines is 1. The summed E-state index contributed by atoms with van der Waals surface area (Å²) in [5.74, 6) is 0.213. The number of nitrogens with one attached hydrogen (secondary N) is 3. The average Bonchev–Trinajstić information content (AvgIpc) is 2.89. The standard InChI is InChI=1S/C18H27N3O2/c1-12(2)17(22)7-9-20-18(23)19-8-6-14-11-21-16-10-13(3)4-5-15(14)16/h4-5,10-12,17,21-22H,6-9H2,1-3H3,(H2,19,20,23). The molecular weight excluding hydrogens is 290 g/mol. The van der Waals surface area contributed by atoms with Gasteiger partial charge in [-0.1, -0.05) is 26.0 Å². The van der Waals surface area contributed by atoms with Crippen LogP contribution < -0.4 is 10.6 Å². The Kier molecular flexibility index (Phi) is 6.04. The van der Waals surface area contributed by atoms with Gasteiger partial charge >= 0.3 is 6.03 Å². The van der Waals surface area contributed by atoms with Crippen LogP contribution in [0.15, 0.2) is 24.4 Å². The van der Waals surface area contributed by atoms with E-state index in [4.69, 9.17) is 0 Å². The smallest absolute Gasteiger partial charge is 0.314 e. The molecule has 0 saturated heterocycles. The number of urea groups is 1. The Balaban J connectivity index is 1.72. The number of benzene rings is 1. The highest BCUT2D eigenvalue weighted by Gasteiger charge is 2.09. The van der Waals surface area contributed by atoms with Gasteiger partial charge in [0.05, 0.1) is 6.10 Å². The molecule has 0 aliphatic rings. The van der Waals surface area contributed by atoms with E-state index in [1.165, 1.54) is 16.5 Å². The minimum atomic E-state index is -0.370. The third kappa shape index (κ3) is 4.99. The Hall–Kier alpha value is -2.01. The molecule has 4 N–H and O–H groups in total.